The fraction of sp³-hybridized carbons (Fsp3) is 0.231. The number of rotatable bonds is 3. The molecule has 0 unspecified atom stereocenters. The van der Waals surface area contributed by atoms with E-state index in [2.05, 4.69) is 15.3 Å². The summed E-state index contributed by atoms with van der Waals surface area (Å²) in [6, 6.07) is 0. The fourth-order valence-corrected chi connectivity index (χ4v) is 3.59. The molecule has 0 aromatic carbocycles. The number of carbonyl (C=O) groups is 2. The lowest BCUT2D eigenvalue weighted by atomic mass is 10.1. The third kappa shape index (κ3) is 2.16. The van der Waals surface area contributed by atoms with Crippen LogP contribution in [0.2, 0.25) is 0 Å². The summed E-state index contributed by atoms with van der Waals surface area (Å²) in [7, 11) is 0. The lowest BCUT2D eigenvalue weighted by molar-refractivity contribution is 0.0697. The normalized spacial score (nSPS) is 13.0. The van der Waals surface area contributed by atoms with Crippen LogP contribution in [0.25, 0.3) is 0 Å². The number of amides is 1. The van der Waals surface area contributed by atoms with E-state index in [1.165, 1.54) is 30.1 Å². The maximum absolute atomic E-state index is 12.0. The summed E-state index contributed by atoms with van der Waals surface area (Å²) in [6.45, 7) is 0. The molecule has 1 aliphatic rings. The van der Waals surface area contributed by atoms with Gasteiger partial charge in [0, 0.05) is 17.3 Å². The predicted octanol–water partition coefficient (Wildman–Crippen LogP) is 1.98. The van der Waals surface area contributed by atoms with Crippen LogP contribution in [0.15, 0.2) is 18.7 Å². The number of carboxylic acids is 1. The van der Waals surface area contributed by atoms with Crippen LogP contribution < -0.4 is 5.32 Å². The second-order valence-electron chi connectivity index (χ2n) is 4.45. The Kier molecular flexibility index (Phi) is 3.19. The van der Waals surface area contributed by atoms with E-state index in [0.717, 1.165) is 29.7 Å². The van der Waals surface area contributed by atoms with E-state index < -0.39 is 11.9 Å². The number of carboxylic acid groups (broad SMARTS) is 1. The third-order valence-electron chi connectivity index (χ3n) is 3.18. The zero-order valence-corrected chi connectivity index (χ0v) is 11.2. The molecule has 0 aliphatic heterocycles. The quantitative estimate of drug-likeness (QED) is 0.901. The van der Waals surface area contributed by atoms with Crippen molar-refractivity contribution in [3.8, 4) is 0 Å². The highest BCUT2D eigenvalue weighted by Crippen LogP contribution is 2.39. The van der Waals surface area contributed by atoms with Gasteiger partial charge in [-0.15, -0.1) is 11.3 Å². The molecule has 0 saturated carbocycles. The molecular weight excluding hydrogens is 278 g/mol. The number of carbonyl (C=O) groups excluding carboxylic acids is 1. The number of hydrogen-bond acceptors (Lipinski definition) is 5. The predicted molar refractivity (Wildman–Crippen MR) is 73.3 cm³/mol. The number of hydrogen-bond donors (Lipinski definition) is 2. The van der Waals surface area contributed by atoms with Gasteiger partial charge < -0.3 is 10.4 Å². The summed E-state index contributed by atoms with van der Waals surface area (Å²) in [5, 5.41) is 12.4. The van der Waals surface area contributed by atoms with Crippen LogP contribution in [-0.4, -0.2) is 27.0 Å². The molecule has 7 heteroatoms. The minimum Gasteiger partial charge on any atom is -0.478 e. The van der Waals surface area contributed by atoms with Crippen molar-refractivity contribution in [1.29, 1.82) is 0 Å². The Bertz CT molecular complexity index is 682. The number of nitrogens with one attached hydrogen (secondary N) is 1. The van der Waals surface area contributed by atoms with Crippen molar-refractivity contribution < 1.29 is 14.7 Å². The monoisotopic (exact) mass is 289 g/mol. The summed E-state index contributed by atoms with van der Waals surface area (Å²) in [4.78, 5) is 32.0. The maximum atomic E-state index is 12.0. The molecule has 2 aromatic rings. The molecule has 20 heavy (non-hydrogen) atoms. The number of aryl methyl sites for hydroxylation is 1. The van der Waals surface area contributed by atoms with Gasteiger partial charge in [0.25, 0.3) is 5.91 Å². The zero-order chi connectivity index (χ0) is 14.1. The van der Waals surface area contributed by atoms with Crippen LogP contribution in [0, 0.1) is 0 Å². The average molecular weight is 289 g/mol. The van der Waals surface area contributed by atoms with Crippen molar-refractivity contribution >= 4 is 28.2 Å². The Hall–Kier alpha value is -2.28. The van der Waals surface area contributed by atoms with Crippen molar-refractivity contribution in [3.05, 3.63) is 40.3 Å². The maximum Gasteiger partial charge on any atom is 0.339 e. The van der Waals surface area contributed by atoms with Gasteiger partial charge in [-0.3, -0.25) is 4.79 Å². The molecule has 0 saturated heterocycles. The van der Waals surface area contributed by atoms with Crippen LogP contribution >= 0.6 is 11.3 Å². The summed E-state index contributed by atoms with van der Waals surface area (Å²) in [5.74, 6) is -1.39. The molecular formula is C13H11N3O3S. The summed E-state index contributed by atoms with van der Waals surface area (Å²) in [5.41, 5.74) is 1.40. The molecule has 0 bridgehead atoms. The van der Waals surface area contributed by atoms with Gasteiger partial charge in [0.05, 0.1) is 11.1 Å². The van der Waals surface area contributed by atoms with E-state index in [1.54, 1.807) is 0 Å². The Morgan fingerprint density at radius 1 is 1.25 bits per heavy atom. The Morgan fingerprint density at radius 2 is 2.00 bits per heavy atom. The number of thiophene rings is 1. The first kappa shape index (κ1) is 12.7. The molecule has 1 amide bonds. The van der Waals surface area contributed by atoms with Crippen LogP contribution in [-0.2, 0) is 12.8 Å². The van der Waals surface area contributed by atoms with Gasteiger partial charge in [0.15, 0.2) is 0 Å². The minimum atomic E-state index is -0.996. The molecule has 0 spiro atoms. The SMILES string of the molecule is O=C(Nc1sc2c(c1C(=O)O)CCC2)c1cncnc1. The summed E-state index contributed by atoms with van der Waals surface area (Å²) in [6.07, 6.45) is 6.73. The Morgan fingerprint density at radius 3 is 2.70 bits per heavy atom. The van der Waals surface area contributed by atoms with E-state index >= 15 is 0 Å². The van der Waals surface area contributed by atoms with E-state index in [4.69, 9.17) is 0 Å². The van der Waals surface area contributed by atoms with E-state index in [9.17, 15) is 14.7 Å². The average Bonchev–Trinajstić information content (AvgIpc) is 2.99. The van der Waals surface area contributed by atoms with E-state index in [1.807, 2.05) is 0 Å². The summed E-state index contributed by atoms with van der Waals surface area (Å²) >= 11 is 1.35. The van der Waals surface area contributed by atoms with Gasteiger partial charge >= 0.3 is 5.97 Å². The van der Waals surface area contributed by atoms with E-state index in [-0.39, 0.29) is 5.56 Å². The van der Waals surface area contributed by atoms with Crippen molar-refractivity contribution in [1.82, 2.24) is 9.97 Å². The van der Waals surface area contributed by atoms with Crippen LogP contribution in [0.1, 0.15) is 37.6 Å². The van der Waals surface area contributed by atoms with E-state index in [0.29, 0.717) is 10.6 Å². The molecule has 1 aliphatic carbocycles. The van der Waals surface area contributed by atoms with Gasteiger partial charge in [-0.25, -0.2) is 14.8 Å². The highest BCUT2D eigenvalue weighted by Gasteiger charge is 2.27. The van der Waals surface area contributed by atoms with Crippen molar-refractivity contribution in [2.45, 2.75) is 19.3 Å². The molecule has 2 heterocycles. The molecule has 102 valence electrons. The molecule has 0 fully saturated rings. The first-order valence-electron chi connectivity index (χ1n) is 6.11. The number of fused-ring (bicyclic) bond motifs is 1. The first-order valence-corrected chi connectivity index (χ1v) is 6.92. The van der Waals surface area contributed by atoms with Gasteiger partial charge in [-0.2, -0.15) is 0 Å². The van der Waals surface area contributed by atoms with Gasteiger partial charge in [0.2, 0.25) is 0 Å². The van der Waals surface area contributed by atoms with Crippen molar-refractivity contribution in [3.63, 3.8) is 0 Å². The molecule has 2 aromatic heterocycles. The fourth-order valence-electron chi connectivity index (χ4n) is 2.31. The molecule has 0 radical (unpaired) electrons. The first-order chi connectivity index (χ1) is 9.66. The standard InChI is InChI=1S/C13H11N3O3S/c17-11(7-4-14-6-15-5-7)16-12-10(13(18)19)8-2-1-3-9(8)20-12/h4-6H,1-3H2,(H,16,17)(H,18,19). The second-order valence-corrected chi connectivity index (χ2v) is 5.55. The number of aromatic carboxylic acids is 1. The Balaban J connectivity index is 1.92. The lowest BCUT2D eigenvalue weighted by Gasteiger charge is -2.04. The van der Waals surface area contributed by atoms with Crippen LogP contribution in [0.5, 0.6) is 0 Å². The van der Waals surface area contributed by atoms with Crippen molar-refractivity contribution in [2.24, 2.45) is 0 Å². The van der Waals surface area contributed by atoms with Gasteiger partial charge in [-0.05, 0) is 24.8 Å². The van der Waals surface area contributed by atoms with Crippen LogP contribution in [0.4, 0.5) is 5.00 Å². The molecule has 0 atom stereocenters. The number of aromatic nitrogens is 2. The van der Waals surface area contributed by atoms with Gasteiger partial charge in [0.1, 0.15) is 11.3 Å². The minimum absolute atomic E-state index is 0.229. The highest BCUT2D eigenvalue weighted by atomic mass is 32.1. The zero-order valence-electron chi connectivity index (χ0n) is 10.4. The Labute approximate surface area is 118 Å². The highest BCUT2D eigenvalue weighted by molar-refractivity contribution is 7.17. The largest absolute Gasteiger partial charge is 0.478 e. The van der Waals surface area contributed by atoms with Crippen molar-refractivity contribution in [2.75, 3.05) is 5.32 Å². The number of nitrogens with zero attached hydrogens (tertiary/aromatic N) is 2. The van der Waals surface area contributed by atoms with Crippen LogP contribution in [0.3, 0.4) is 0 Å². The third-order valence-corrected chi connectivity index (χ3v) is 4.39. The second kappa shape index (κ2) is 5.01. The lowest BCUT2D eigenvalue weighted by Crippen LogP contribution is -2.14. The number of anilines is 1. The van der Waals surface area contributed by atoms with Gasteiger partial charge in [-0.1, -0.05) is 0 Å². The summed E-state index contributed by atoms with van der Waals surface area (Å²) < 4.78 is 0. The molecule has 6 nitrogen and oxygen atoms in total. The smallest absolute Gasteiger partial charge is 0.339 e. The molecule has 2 N–H and O–H groups in total. The topological polar surface area (TPSA) is 92.2 Å². The molecule has 3 rings (SSSR count).